The molecule has 0 heterocycles. The monoisotopic (exact) mass is 1230 g/mol. The van der Waals surface area contributed by atoms with Crippen LogP contribution in [0.1, 0.15) is 306 Å². The van der Waals surface area contributed by atoms with E-state index < -0.39 is 97.5 Å². The van der Waals surface area contributed by atoms with Crippen LogP contribution >= 0.6 is 15.6 Å². The lowest BCUT2D eigenvalue weighted by Crippen LogP contribution is -2.30. The third kappa shape index (κ3) is 56.3. The van der Waals surface area contributed by atoms with E-state index in [4.69, 9.17) is 37.0 Å². The smallest absolute Gasteiger partial charge is 0.462 e. The Morgan fingerprint density at radius 3 is 0.855 bits per heavy atom. The Kier molecular flexibility index (Phi) is 53.0. The van der Waals surface area contributed by atoms with Gasteiger partial charge in [-0.15, -0.1) is 0 Å². The Labute approximate surface area is 505 Å². The van der Waals surface area contributed by atoms with Crippen LogP contribution in [0.3, 0.4) is 0 Å². The van der Waals surface area contributed by atoms with Gasteiger partial charge in [-0.3, -0.25) is 37.3 Å². The number of hydrogen-bond acceptors (Lipinski definition) is 15. The first kappa shape index (κ1) is 81.1. The number of hydrogen-bond donors (Lipinski definition) is 3. The van der Waals surface area contributed by atoms with Crippen molar-refractivity contribution >= 4 is 39.5 Å². The van der Waals surface area contributed by atoms with Crippen LogP contribution in [0.4, 0.5) is 0 Å². The first-order chi connectivity index (χ1) is 39.7. The summed E-state index contributed by atoms with van der Waals surface area (Å²) in [5.41, 5.74) is 0. The molecule has 0 saturated carbocycles. The van der Waals surface area contributed by atoms with Crippen molar-refractivity contribution in [2.24, 2.45) is 23.7 Å². The van der Waals surface area contributed by atoms with Crippen LogP contribution in [0.5, 0.6) is 0 Å². The molecule has 0 spiro atoms. The van der Waals surface area contributed by atoms with E-state index in [-0.39, 0.29) is 25.7 Å². The molecular weight excluding hydrogens is 1100 g/mol. The van der Waals surface area contributed by atoms with E-state index in [2.05, 4.69) is 55.4 Å². The summed E-state index contributed by atoms with van der Waals surface area (Å²) < 4.78 is 68.0. The van der Waals surface area contributed by atoms with Crippen molar-refractivity contribution in [2.45, 2.75) is 324 Å². The maximum atomic E-state index is 13.0. The lowest BCUT2D eigenvalue weighted by molar-refractivity contribution is -0.161. The van der Waals surface area contributed by atoms with Gasteiger partial charge in [-0.1, -0.05) is 254 Å². The molecule has 0 aliphatic carbocycles. The summed E-state index contributed by atoms with van der Waals surface area (Å²) in [6, 6.07) is 0. The van der Waals surface area contributed by atoms with Crippen LogP contribution in [0, 0.1) is 23.7 Å². The van der Waals surface area contributed by atoms with Gasteiger partial charge in [0.05, 0.1) is 26.4 Å². The summed E-state index contributed by atoms with van der Waals surface area (Å²) in [5, 5.41) is 10.5. The third-order valence-corrected chi connectivity index (χ3v) is 17.2. The normalized spacial score (nSPS) is 15.1. The molecule has 0 bridgehead atoms. The van der Waals surface area contributed by atoms with Crippen molar-refractivity contribution in [1.29, 1.82) is 0 Å². The second kappa shape index (κ2) is 54.2. The molecule has 0 radical (unpaired) electrons. The van der Waals surface area contributed by atoms with Crippen LogP contribution in [-0.2, 0) is 65.4 Å². The first-order valence-corrected chi connectivity index (χ1v) is 36.3. The minimum Gasteiger partial charge on any atom is -0.462 e. The quantitative estimate of drug-likeness (QED) is 0.0222. The fourth-order valence-electron chi connectivity index (χ4n) is 9.36. The predicted octanol–water partition coefficient (Wildman–Crippen LogP) is 17.4. The fraction of sp³-hybridized carbons (Fsp3) is 0.938. The molecule has 0 aromatic carbocycles. The highest BCUT2D eigenvalue weighted by atomic mass is 31.2. The van der Waals surface area contributed by atoms with Gasteiger partial charge in [-0.25, -0.2) is 9.13 Å². The average molecular weight is 1230 g/mol. The van der Waals surface area contributed by atoms with Gasteiger partial charge in [0.2, 0.25) is 0 Å². The zero-order chi connectivity index (χ0) is 61.8. The maximum absolute atomic E-state index is 13.0. The number of phosphoric acid groups is 2. The van der Waals surface area contributed by atoms with Crippen LogP contribution in [0.25, 0.3) is 0 Å². The van der Waals surface area contributed by atoms with Gasteiger partial charge in [0.25, 0.3) is 0 Å². The molecule has 17 nitrogen and oxygen atoms in total. The number of carbonyl (C=O) groups excluding carboxylic acids is 4. The number of aliphatic hydroxyl groups is 1. The summed E-state index contributed by atoms with van der Waals surface area (Å²) in [6.07, 6.45) is 33.5. The molecule has 83 heavy (non-hydrogen) atoms. The number of rotatable bonds is 61. The zero-order valence-corrected chi connectivity index (χ0v) is 55.6. The molecule has 0 aliphatic rings. The van der Waals surface area contributed by atoms with E-state index in [1.807, 2.05) is 0 Å². The number of unbranched alkanes of at least 4 members (excludes halogenated alkanes) is 25. The van der Waals surface area contributed by atoms with Crippen molar-refractivity contribution in [3.8, 4) is 0 Å². The van der Waals surface area contributed by atoms with Crippen molar-refractivity contribution < 1.29 is 80.2 Å². The Bertz CT molecular complexity index is 1670. The molecule has 0 aliphatic heterocycles. The van der Waals surface area contributed by atoms with E-state index in [0.29, 0.717) is 31.6 Å². The Balaban J connectivity index is 5.27. The van der Waals surface area contributed by atoms with E-state index >= 15 is 0 Å². The van der Waals surface area contributed by atoms with E-state index in [9.17, 15) is 43.2 Å². The molecular formula is C64H124O17P2. The molecule has 0 rings (SSSR count). The number of carbonyl (C=O) groups is 4. The van der Waals surface area contributed by atoms with Gasteiger partial charge in [-0.2, -0.15) is 0 Å². The van der Waals surface area contributed by atoms with Crippen molar-refractivity contribution in [1.82, 2.24) is 0 Å². The Morgan fingerprint density at radius 1 is 0.337 bits per heavy atom. The highest BCUT2D eigenvalue weighted by molar-refractivity contribution is 7.47. The largest absolute Gasteiger partial charge is 0.472 e. The standard InChI is InChI=1S/C64H124O17P2/c1-9-56(7)42-34-26-18-12-14-20-31-39-47-64(69)80-59(50-74-61(66)44-36-28-21-15-17-25-33-41-55(5)6)52-78-82(70,71)76-48-58(65)49-77-83(72,73)79-53-60(51-75-62(67)45-37-29-23-22-27-35-43-57(8)10-2)81-63(68)46-38-30-19-13-11-16-24-32-40-54(3)4/h54-60,65H,9-53H2,1-8H3,(H,70,71)(H,72,73)/t56?,57?,58-,59-,60-/m1/s1. The number of phosphoric ester groups is 2. The van der Waals surface area contributed by atoms with Gasteiger partial charge in [0.1, 0.15) is 19.3 Å². The van der Waals surface area contributed by atoms with Crippen LogP contribution in [-0.4, -0.2) is 96.7 Å². The van der Waals surface area contributed by atoms with Crippen molar-refractivity contribution in [2.75, 3.05) is 39.6 Å². The van der Waals surface area contributed by atoms with Crippen LogP contribution in [0.2, 0.25) is 0 Å². The van der Waals surface area contributed by atoms with Crippen molar-refractivity contribution in [3.63, 3.8) is 0 Å². The Morgan fingerprint density at radius 2 is 0.578 bits per heavy atom. The van der Waals surface area contributed by atoms with E-state index in [0.717, 1.165) is 120 Å². The van der Waals surface area contributed by atoms with Gasteiger partial charge in [-0.05, 0) is 49.4 Å². The summed E-state index contributed by atoms with van der Waals surface area (Å²) >= 11 is 0. The fourth-order valence-corrected chi connectivity index (χ4v) is 10.9. The van der Waals surface area contributed by atoms with Crippen LogP contribution in [0.15, 0.2) is 0 Å². The second-order valence-electron chi connectivity index (χ2n) is 24.6. The minimum atomic E-state index is -4.95. The summed E-state index contributed by atoms with van der Waals surface area (Å²) in [7, 11) is -9.89. The van der Waals surface area contributed by atoms with Crippen LogP contribution < -0.4 is 0 Å². The molecule has 0 saturated heterocycles. The maximum Gasteiger partial charge on any atom is 0.472 e. The molecule has 492 valence electrons. The molecule has 4 unspecified atom stereocenters. The average Bonchev–Trinajstić information content (AvgIpc) is 3.44. The van der Waals surface area contributed by atoms with Gasteiger partial charge in [0, 0.05) is 25.7 Å². The lowest BCUT2D eigenvalue weighted by Gasteiger charge is -2.21. The summed E-state index contributed by atoms with van der Waals surface area (Å²) in [4.78, 5) is 72.2. The van der Waals surface area contributed by atoms with Gasteiger partial charge >= 0.3 is 39.5 Å². The highest BCUT2D eigenvalue weighted by Crippen LogP contribution is 2.45. The van der Waals surface area contributed by atoms with E-state index in [1.165, 1.54) is 96.3 Å². The summed E-state index contributed by atoms with van der Waals surface area (Å²) in [5.74, 6) is 0.781. The molecule has 0 aromatic heterocycles. The Hall–Kier alpha value is -1.94. The molecule has 7 atom stereocenters. The second-order valence-corrected chi connectivity index (χ2v) is 27.5. The SMILES string of the molecule is CCC(C)CCCCCCCCCCC(=O)O[C@H](COC(=O)CCCCCCCCCC(C)C)COP(=O)(O)OC[C@@H](O)COP(=O)(O)OC[C@@H](COC(=O)CCCCCCCCC(C)CC)OC(=O)CCCCCCCCCCC(C)C. The predicted molar refractivity (Wildman–Crippen MR) is 331 cm³/mol. The number of aliphatic hydroxyl groups excluding tert-OH is 1. The molecule has 19 heteroatoms. The van der Waals surface area contributed by atoms with Crippen molar-refractivity contribution in [3.05, 3.63) is 0 Å². The molecule has 3 N–H and O–H groups in total. The molecule has 0 fully saturated rings. The van der Waals surface area contributed by atoms with Gasteiger partial charge < -0.3 is 33.8 Å². The molecule has 0 amide bonds. The number of esters is 4. The third-order valence-electron chi connectivity index (χ3n) is 15.3. The molecule has 0 aromatic rings. The zero-order valence-electron chi connectivity index (χ0n) is 53.8. The van der Waals surface area contributed by atoms with E-state index in [1.54, 1.807) is 0 Å². The first-order valence-electron chi connectivity index (χ1n) is 33.3. The topological polar surface area (TPSA) is 237 Å². The number of ether oxygens (including phenoxy) is 4. The highest BCUT2D eigenvalue weighted by Gasteiger charge is 2.30. The van der Waals surface area contributed by atoms with Gasteiger partial charge in [0.15, 0.2) is 12.2 Å². The summed E-state index contributed by atoms with van der Waals surface area (Å²) in [6.45, 7) is 14.0. The lowest BCUT2D eigenvalue weighted by atomic mass is 9.99. The minimum absolute atomic E-state index is 0.103.